The molecule has 1 amide bonds. The largest absolute Gasteiger partial charge is 0.325 e. The molecule has 2 N–H and O–H groups in total. The monoisotopic (exact) mass is 236 g/mol. The quantitative estimate of drug-likeness (QED) is 0.821. The Hall–Kier alpha value is -1.42. The van der Waals surface area contributed by atoms with Gasteiger partial charge in [0.25, 0.3) is 0 Å². The van der Waals surface area contributed by atoms with Gasteiger partial charge in [0.15, 0.2) is 0 Å². The van der Waals surface area contributed by atoms with Crippen LogP contribution in [0.1, 0.15) is 18.4 Å². The van der Waals surface area contributed by atoms with E-state index in [0.717, 1.165) is 12.5 Å². The predicted molar refractivity (Wildman–Crippen MR) is 65.4 cm³/mol. The Balaban J connectivity index is 1.77. The number of aryl methyl sites for hydroxylation is 1. The molecule has 0 bridgehead atoms. The van der Waals surface area contributed by atoms with Gasteiger partial charge in [0.05, 0.1) is 6.54 Å². The number of rotatable bonds is 5. The number of carbonyl (C=O) groups is 1. The lowest BCUT2D eigenvalue weighted by molar-refractivity contribution is -0.115. The van der Waals surface area contributed by atoms with Crippen LogP contribution in [-0.4, -0.2) is 19.0 Å². The number of carbonyl (C=O) groups excluding carboxylic acids is 1. The zero-order valence-electron chi connectivity index (χ0n) is 9.92. The number of amides is 1. The Morgan fingerprint density at radius 1 is 1.47 bits per heavy atom. The first-order chi connectivity index (χ1) is 8.15. The summed E-state index contributed by atoms with van der Waals surface area (Å²) in [6.45, 7) is 2.87. The first kappa shape index (κ1) is 12.0. The maximum Gasteiger partial charge on any atom is 0.238 e. The molecule has 1 aliphatic rings. The summed E-state index contributed by atoms with van der Waals surface area (Å²) in [5.41, 5.74) is 1.08. The molecule has 1 fully saturated rings. The van der Waals surface area contributed by atoms with Crippen molar-refractivity contribution in [2.75, 3.05) is 18.4 Å². The summed E-state index contributed by atoms with van der Waals surface area (Å²) in [6, 6.07) is 4.70. The van der Waals surface area contributed by atoms with Crippen LogP contribution in [0.5, 0.6) is 0 Å². The molecule has 1 aromatic carbocycles. The lowest BCUT2D eigenvalue weighted by atomic mass is 10.2. The van der Waals surface area contributed by atoms with Crippen LogP contribution in [0, 0.1) is 18.7 Å². The van der Waals surface area contributed by atoms with Gasteiger partial charge in [-0.2, -0.15) is 0 Å². The van der Waals surface area contributed by atoms with Gasteiger partial charge in [-0.15, -0.1) is 0 Å². The maximum absolute atomic E-state index is 13.2. The Labute approximate surface area is 100 Å². The molecule has 0 aromatic heterocycles. The van der Waals surface area contributed by atoms with Crippen LogP contribution in [0.3, 0.4) is 0 Å². The molecule has 2 rings (SSSR count). The fourth-order valence-electron chi connectivity index (χ4n) is 1.59. The minimum Gasteiger partial charge on any atom is -0.325 e. The summed E-state index contributed by atoms with van der Waals surface area (Å²) < 4.78 is 13.2. The summed E-state index contributed by atoms with van der Waals surface area (Å²) in [4.78, 5) is 11.5. The molecule has 1 aliphatic carbocycles. The smallest absolute Gasteiger partial charge is 0.238 e. The van der Waals surface area contributed by atoms with Crippen LogP contribution in [0.2, 0.25) is 0 Å². The standard InChI is InChI=1S/C13H17FN2O/c1-9-2-5-11(6-12(9)14)16-13(17)8-15-7-10-3-4-10/h2,5-6,10,15H,3-4,7-8H2,1H3,(H,16,17). The van der Waals surface area contributed by atoms with E-state index in [0.29, 0.717) is 11.3 Å². The van der Waals surface area contributed by atoms with E-state index in [2.05, 4.69) is 10.6 Å². The van der Waals surface area contributed by atoms with E-state index >= 15 is 0 Å². The van der Waals surface area contributed by atoms with Gasteiger partial charge in [-0.3, -0.25) is 4.79 Å². The molecular weight excluding hydrogens is 219 g/mol. The topological polar surface area (TPSA) is 41.1 Å². The van der Waals surface area contributed by atoms with Gasteiger partial charge in [0.2, 0.25) is 5.91 Å². The van der Waals surface area contributed by atoms with Crippen LogP contribution in [0.25, 0.3) is 0 Å². The number of halogens is 1. The molecule has 1 aromatic rings. The zero-order chi connectivity index (χ0) is 12.3. The van der Waals surface area contributed by atoms with E-state index in [-0.39, 0.29) is 18.3 Å². The number of benzene rings is 1. The van der Waals surface area contributed by atoms with Crippen molar-refractivity contribution < 1.29 is 9.18 Å². The molecule has 1 saturated carbocycles. The molecule has 0 spiro atoms. The van der Waals surface area contributed by atoms with Crippen molar-refractivity contribution in [1.29, 1.82) is 0 Å². The van der Waals surface area contributed by atoms with Gasteiger partial charge < -0.3 is 10.6 Å². The van der Waals surface area contributed by atoms with Gasteiger partial charge in [0.1, 0.15) is 5.82 Å². The van der Waals surface area contributed by atoms with Crippen molar-refractivity contribution in [3.8, 4) is 0 Å². The first-order valence-corrected chi connectivity index (χ1v) is 5.92. The van der Waals surface area contributed by atoms with E-state index < -0.39 is 0 Å². The fraction of sp³-hybridized carbons (Fsp3) is 0.462. The number of hydrogen-bond donors (Lipinski definition) is 2. The minimum atomic E-state index is -0.297. The zero-order valence-corrected chi connectivity index (χ0v) is 9.92. The lowest BCUT2D eigenvalue weighted by Gasteiger charge is -2.07. The third-order valence-corrected chi connectivity index (χ3v) is 2.87. The van der Waals surface area contributed by atoms with Gasteiger partial charge in [-0.05, 0) is 49.9 Å². The van der Waals surface area contributed by atoms with Crippen LogP contribution in [-0.2, 0) is 4.79 Å². The number of nitrogens with one attached hydrogen (secondary N) is 2. The van der Waals surface area contributed by atoms with Gasteiger partial charge in [-0.25, -0.2) is 4.39 Å². The molecular formula is C13H17FN2O. The van der Waals surface area contributed by atoms with Crippen LogP contribution >= 0.6 is 0 Å². The molecule has 0 heterocycles. The average Bonchev–Trinajstić information content (AvgIpc) is 3.07. The van der Waals surface area contributed by atoms with Crippen LogP contribution in [0.4, 0.5) is 10.1 Å². The third-order valence-electron chi connectivity index (χ3n) is 2.87. The summed E-state index contributed by atoms with van der Waals surface area (Å²) >= 11 is 0. The molecule has 4 heteroatoms. The summed E-state index contributed by atoms with van der Waals surface area (Å²) in [5, 5.41) is 5.75. The van der Waals surface area contributed by atoms with E-state index in [4.69, 9.17) is 0 Å². The Kier molecular flexibility index (Phi) is 3.74. The lowest BCUT2D eigenvalue weighted by Crippen LogP contribution is -2.29. The van der Waals surface area contributed by atoms with Gasteiger partial charge >= 0.3 is 0 Å². The fourth-order valence-corrected chi connectivity index (χ4v) is 1.59. The van der Waals surface area contributed by atoms with Crippen LogP contribution < -0.4 is 10.6 Å². The second kappa shape index (κ2) is 5.27. The van der Waals surface area contributed by atoms with E-state index in [1.165, 1.54) is 18.9 Å². The summed E-state index contributed by atoms with van der Waals surface area (Å²) in [5.74, 6) is 0.322. The second-order valence-electron chi connectivity index (χ2n) is 4.59. The second-order valence-corrected chi connectivity index (χ2v) is 4.59. The molecule has 0 atom stereocenters. The third kappa shape index (κ3) is 3.82. The molecule has 0 radical (unpaired) electrons. The van der Waals surface area contributed by atoms with E-state index in [1.807, 2.05) is 0 Å². The highest BCUT2D eigenvalue weighted by molar-refractivity contribution is 5.92. The molecule has 3 nitrogen and oxygen atoms in total. The van der Waals surface area contributed by atoms with Crippen molar-refractivity contribution in [3.63, 3.8) is 0 Å². The molecule has 92 valence electrons. The highest BCUT2D eigenvalue weighted by Gasteiger charge is 2.20. The normalized spacial score (nSPS) is 14.7. The molecule has 0 saturated heterocycles. The first-order valence-electron chi connectivity index (χ1n) is 5.92. The maximum atomic E-state index is 13.2. The molecule has 0 unspecified atom stereocenters. The van der Waals surface area contributed by atoms with Crippen molar-refractivity contribution in [3.05, 3.63) is 29.6 Å². The van der Waals surface area contributed by atoms with Crippen molar-refractivity contribution in [2.24, 2.45) is 5.92 Å². The summed E-state index contributed by atoms with van der Waals surface area (Å²) in [7, 11) is 0. The Morgan fingerprint density at radius 3 is 2.88 bits per heavy atom. The summed E-state index contributed by atoms with van der Waals surface area (Å²) in [6.07, 6.45) is 2.52. The van der Waals surface area contributed by atoms with Gasteiger partial charge in [-0.1, -0.05) is 6.07 Å². The van der Waals surface area contributed by atoms with Gasteiger partial charge in [0, 0.05) is 5.69 Å². The Bertz CT molecular complexity index is 416. The highest BCUT2D eigenvalue weighted by atomic mass is 19.1. The number of hydrogen-bond acceptors (Lipinski definition) is 2. The number of anilines is 1. The minimum absolute atomic E-state index is 0.131. The highest BCUT2D eigenvalue weighted by Crippen LogP contribution is 2.27. The average molecular weight is 236 g/mol. The van der Waals surface area contributed by atoms with Crippen LogP contribution in [0.15, 0.2) is 18.2 Å². The SMILES string of the molecule is Cc1ccc(NC(=O)CNCC2CC2)cc1F. The van der Waals surface area contributed by atoms with E-state index in [1.54, 1.807) is 19.1 Å². The van der Waals surface area contributed by atoms with Crippen molar-refractivity contribution in [1.82, 2.24) is 5.32 Å². The molecule has 0 aliphatic heterocycles. The van der Waals surface area contributed by atoms with E-state index in [9.17, 15) is 9.18 Å². The van der Waals surface area contributed by atoms with Crippen molar-refractivity contribution in [2.45, 2.75) is 19.8 Å². The molecule has 17 heavy (non-hydrogen) atoms. The Morgan fingerprint density at radius 2 is 2.24 bits per heavy atom. The van der Waals surface area contributed by atoms with Crippen molar-refractivity contribution >= 4 is 11.6 Å². The predicted octanol–water partition coefficient (Wildman–Crippen LogP) is 2.07.